The number of hydrogen-bond acceptors (Lipinski definition) is 5. The van der Waals surface area contributed by atoms with Crippen LogP contribution in [0.15, 0.2) is 16.7 Å². The van der Waals surface area contributed by atoms with Gasteiger partial charge in [-0.3, -0.25) is 0 Å². The third-order valence-corrected chi connectivity index (χ3v) is 1.32. The Morgan fingerprint density at radius 2 is 2.33 bits per heavy atom. The second-order valence-electron chi connectivity index (χ2n) is 2.29. The van der Waals surface area contributed by atoms with Crippen LogP contribution >= 0.6 is 0 Å². The van der Waals surface area contributed by atoms with Crippen molar-refractivity contribution < 1.29 is 4.42 Å². The van der Waals surface area contributed by atoms with E-state index in [2.05, 4.69) is 15.3 Å². The molecule has 2 aromatic heterocycles. The highest BCUT2D eigenvalue weighted by Crippen LogP contribution is 2.05. The van der Waals surface area contributed by atoms with Crippen LogP contribution in [0.5, 0.6) is 0 Å². The van der Waals surface area contributed by atoms with Crippen molar-refractivity contribution in [3.8, 4) is 6.01 Å². The highest BCUT2D eigenvalue weighted by molar-refractivity contribution is 5.26. The summed E-state index contributed by atoms with van der Waals surface area (Å²) in [7, 11) is 0. The summed E-state index contributed by atoms with van der Waals surface area (Å²) >= 11 is 0. The first-order chi connectivity index (χ1) is 5.75. The van der Waals surface area contributed by atoms with Crippen molar-refractivity contribution in [3.63, 3.8) is 0 Å². The van der Waals surface area contributed by atoms with Crippen molar-refractivity contribution in [1.29, 1.82) is 0 Å². The fourth-order valence-corrected chi connectivity index (χ4v) is 0.823. The second-order valence-corrected chi connectivity index (χ2v) is 2.29. The molecule has 0 saturated heterocycles. The summed E-state index contributed by atoms with van der Waals surface area (Å²) in [6, 6.07) is 1.98. The van der Waals surface area contributed by atoms with Gasteiger partial charge < -0.3 is 10.2 Å². The van der Waals surface area contributed by atoms with Gasteiger partial charge >= 0.3 is 6.01 Å². The van der Waals surface area contributed by atoms with Crippen molar-refractivity contribution in [2.24, 2.45) is 0 Å². The lowest BCUT2D eigenvalue weighted by atomic mass is 10.7. The molecule has 6 heteroatoms. The molecule has 0 aliphatic rings. The van der Waals surface area contributed by atoms with E-state index >= 15 is 0 Å². The molecule has 62 valence electrons. The van der Waals surface area contributed by atoms with Gasteiger partial charge in [-0.1, -0.05) is 5.10 Å². The molecule has 0 spiro atoms. The third-order valence-electron chi connectivity index (χ3n) is 1.32. The van der Waals surface area contributed by atoms with Gasteiger partial charge in [-0.05, 0) is 0 Å². The molecule has 2 heterocycles. The van der Waals surface area contributed by atoms with Gasteiger partial charge in [0.25, 0.3) is 0 Å². The molecule has 0 fully saturated rings. The summed E-state index contributed by atoms with van der Waals surface area (Å²) in [5.41, 5.74) is 5.40. The summed E-state index contributed by atoms with van der Waals surface area (Å²) in [6.07, 6.45) is 1.66. The van der Waals surface area contributed by atoms with E-state index < -0.39 is 0 Å². The first kappa shape index (κ1) is 6.84. The maximum Gasteiger partial charge on any atom is 0.343 e. The van der Waals surface area contributed by atoms with Crippen LogP contribution in [-0.4, -0.2) is 20.0 Å². The molecule has 0 unspecified atom stereocenters. The molecule has 2 rings (SSSR count). The molecule has 0 atom stereocenters. The lowest BCUT2D eigenvalue weighted by Gasteiger charge is -1.88. The number of nitrogen functional groups attached to an aromatic ring is 1. The Balaban J connectivity index is 2.43. The fourth-order valence-electron chi connectivity index (χ4n) is 0.823. The molecule has 2 aromatic rings. The van der Waals surface area contributed by atoms with Crippen LogP contribution in [0.3, 0.4) is 0 Å². The van der Waals surface area contributed by atoms with Gasteiger partial charge in [0.1, 0.15) is 5.82 Å². The van der Waals surface area contributed by atoms with Crippen LogP contribution in [0, 0.1) is 6.92 Å². The van der Waals surface area contributed by atoms with Gasteiger partial charge in [-0.15, -0.1) is 10.2 Å². The van der Waals surface area contributed by atoms with Gasteiger partial charge in [-0.25, -0.2) is 0 Å². The standard InChI is InChI=1S/C6H7N5O/c1-4-8-9-6(12-4)11-3-2-5(7)10-11/h2-3H,1H3,(H2,7,10). The minimum absolute atomic E-state index is 0.323. The maximum absolute atomic E-state index is 5.40. The van der Waals surface area contributed by atoms with Crippen molar-refractivity contribution in [2.45, 2.75) is 6.92 Å². The van der Waals surface area contributed by atoms with Crippen molar-refractivity contribution in [3.05, 3.63) is 18.2 Å². The number of aryl methyl sites for hydroxylation is 1. The molecular weight excluding hydrogens is 158 g/mol. The van der Waals surface area contributed by atoms with Crippen LogP contribution in [0.1, 0.15) is 5.89 Å². The molecular formula is C6H7N5O. The van der Waals surface area contributed by atoms with E-state index in [1.165, 1.54) is 4.68 Å². The van der Waals surface area contributed by atoms with E-state index in [1.807, 2.05) is 0 Å². The topological polar surface area (TPSA) is 82.8 Å². The summed E-state index contributed by atoms with van der Waals surface area (Å²) < 4.78 is 6.53. The van der Waals surface area contributed by atoms with Crippen molar-refractivity contribution in [2.75, 3.05) is 5.73 Å². The molecule has 6 nitrogen and oxygen atoms in total. The van der Waals surface area contributed by atoms with Crippen LogP contribution in [-0.2, 0) is 0 Å². The number of rotatable bonds is 1. The van der Waals surface area contributed by atoms with Crippen LogP contribution in [0.25, 0.3) is 6.01 Å². The number of nitrogens with zero attached hydrogens (tertiary/aromatic N) is 4. The van der Waals surface area contributed by atoms with E-state index in [0.717, 1.165) is 0 Å². The van der Waals surface area contributed by atoms with Gasteiger partial charge in [0.15, 0.2) is 0 Å². The molecule has 0 amide bonds. The van der Waals surface area contributed by atoms with Gasteiger partial charge in [0.2, 0.25) is 5.89 Å². The number of hydrogen-bond donors (Lipinski definition) is 1. The predicted molar refractivity (Wildman–Crippen MR) is 40.6 cm³/mol. The Morgan fingerprint density at radius 3 is 2.83 bits per heavy atom. The largest absolute Gasteiger partial charge is 0.407 e. The lowest BCUT2D eigenvalue weighted by Crippen LogP contribution is -1.96. The van der Waals surface area contributed by atoms with E-state index in [4.69, 9.17) is 10.2 Å². The first-order valence-corrected chi connectivity index (χ1v) is 3.37. The van der Waals surface area contributed by atoms with Gasteiger partial charge in [0, 0.05) is 19.2 Å². The Labute approximate surface area is 68.0 Å². The smallest absolute Gasteiger partial charge is 0.343 e. The number of nitrogens with two attached hydrogens (primary N) is 1. The average molecular weight is 165 g/mol. The average Bonchev–Trinajstić information content (AvgIpc) is 2.58. The fraction of sp³-hybridized carbons (Fsp3) is 0.167. The second kappa shape index (κ2) is 2.33. The van der Waals surface area contributed by atoms with Crippen LogP contribution in [0.4, 0.5) is 5.82 Å². The lowest BCUT2D eigenvalue weighted by molar-refractivity contribution is 0.483. The zero-order chi connectivity index (χ0) is 8.55. The Hall–Kier alpha value is -1.85. The summed E-state index contributed by atoms with van der Waals surface area (Å²) in [6.45, 7) is 1.71. The van der Waals surface area contributed by atoms with E-state index in [1.54, 1.807) is 19.2 Å². The van der Waals surface area contributed by atoms with Crippen LogP contribution < -0.4 is 5.73 Å². The predicted octanol–water partition coefficient (Wildman–Crippen LogP) is 0.146. The molecule has 12 heavy (non-hydrogen) atoms. The van der Waals surface area contributed by atoms with Crippen LogP contribution in [0.2, 0.25) is 0 Å². The third kappa shape index (κ3) is 1.03. The quantitative estimate of drug-likeness (QED) is 0.650. The molecule has 0 aromatic carbocycles. The molecule has 0 aliphatic carbocycles. The Bertz CT molecular complexity index is 352. The van der Waals surface area contributed by atoms with E-state index in [9.17, 15) is 0 Å². The molecule has 2 N–H and O–H groups in total. The van der Waals surface area contributed by atoms with E-state index in [-0.39, 0.29) is 0 Å². The Morgan fingerprint density at radius 1 is 1.50 bits per heavy atom. The Kier molecular flexibility index (Phi) is 1.33. The summed E-state index contributed by atoms with van der Waals surface area (Å²) in [5.74, 6) is 0.921. The highest BCUT2D eigenvalue weighted by Gasteiger charge is 2.04. The zero-order valence-corrected chi connectivity index (χ0v) is 6.43. The molecule has 0 saturated carbocycles. The van der Waals surface area contributed by atoms with Gasteiger partial charge in [-0.2, -0.15) is 4.68 Å². The maximum atomic E-state index is 5.40. The highest BCUT2D eigenvalue weighted by atomic mass is 16.4. The number of anilines is 1. The zero-order valence-electron chi connectivity index (χ0n) is 6.43. The summed E-state index contributed by atoms with van der Waals surface area (Å²) in [5, 5.41) is 11.3. The van der Waals surface area contributed by atoms with E-state index in [0.29, 0.717) is 17.7 Å². The molecule has 0 radical (unpaired) electrons. The van der Waals surface area contributed by atoms with Gasteiger partial charge in [0.05, 0.1) is 0 Å². The SMILES string of the molecule is Cc1nnc(-n2ccc(N)n2)o1. The van der Waals surface area contributed by atoms with Crippen molar-refractivity contribution in [1.82, 2.24) is 20.0 Å². The monoisotopic (exact) mass is 165 g/mol. The minimum atomic E-state index is 0.323. The molecule has 0 aliphatic heterocycles. The first-order valence-electron chi connectivity index (χ1n) is 3.37. The summed E-state index contributed by atoms with van der Waals surface area (Å²) in [4.78, 5) is 0. The minimum Gasteiger partial charge on any atom is -0.407 e. The number of aromatic nitrogens is 4. The molecule has 0 bridgehead atoms. The normalized spacial score (nSPS) is 10.4. The van der Waals surface area contributed by atoms with Crippen molar-refractivity contribution >= 4 is 5.82 Å².